The van der Waals surface area contributed by atoms with Gasteiger partial charge in [0.1, 0.15) is 0 Å². The monoisotopic (exact) mass is 260 g/mol. The van der Waals surface area contributed by atoms with Crippen molar-refractivity contribution in [3.8, 4) is 0 Å². The van der Waals surface area contributed by atoms with Crippen LogP contribution < -0.4 is 10.6 Å². The van der Waals surface area contributed by atoms with Crippen LogP contribution in [0.4, 0.5) is 0 Å². The second-order valence-electron chi connectivity index (χ2n) is 5.54. The third-order valence-corrected chi connectivity index (χ3v) is 3.88. The van der Waals surface area contributed by atoms with Crippen molar-refractivity contribution in [1.29, 1.82) is 0 Å². The van der Waals surface area contributed by atoms with Gasteiger partial charge in [-0.15, -0.1) is 0 Å². The minimum absolute atomic E-state index is 0.148. The number of hydrogen-bond donors (Lipinski definition) is 2. The summed E-state index contributed by atoms with van der Waals surface area (Å²) in [5.74, 6) is 0.148. The quantitative estimate of drug-likeness (QED) is 0.874. The molecule has 19 heavy (non-hydrogen) atoms. The van der Waals surface area contributed by atoms with Crippen LogP contribution in [0.2, 0.25) is 0 Å². The number of amides is 1. The first-order valence-corrected chi connectivity index (χ1v) is 7.21. The van der Waals surface area contributed by atoms with Crippen LogP contribution in [0.5, 0.6) is 0 Å². The Bertz CT molecular complexity index is 434. The molecule has 1 saturated heterocycles. The summed E-state index contributed by atoms with van der Waals surface area (Å²) in [5.41, 5.74) is 3.63. The summed E-state index contributed by atoms with van der Waals surface area (Å²) >= 11 is 0. The van der Waals surface area contributed by atoms with E-state index in [1.165, 1.54) is 11.1 Å². The fraction of sp³-hybridized carbons (Fsp3) is 0.562. The minimum atomic E-state index is 0.148. The predicted octanol–water partition coefficient (Wildman–Crippen LogP) is 2.10. The Labute approximate surface area is 115 Å². The average molecular weight is 260 g/mol. The molecule has 1 aromatic carbocycles. The van der Waals surface area contributed by atoms with Gasteiger partial charge in [-0.3, -0.25) is 4.79 Å². The highest BCUT2D eigenvalue weighted by atomic mass is 16.1. The molecule has 1 aromatic rings. The third kappa shape index (κ3) is 4.35. The lowest BCUT2D eigenvalue weighted by Gasteiger charge is -2.16. The molecule has 2 N–H and O–H groups in total. The molecule has 3 heteroatoms. The zero-order valence-corrected chi connectivity index (χ0v) is 12.0. The first-order valence-electron chi connectivity index (χ1n) is 7.21. The van der Waals surface area contributed by atoms with E-state index in [0.717, 1.165) is 37.9 Å². The Kier molecular flexibility index (Phi) is 4.97. The van der Waals surface area contributed by atoms with Crippen LogP contribution in [0.25, 0.3) is 0 Å². The number of nitrogens with one attached hydrogen (secondary N) is 2. The van der Waals surface area contributed by atoms with Gasteiger partial charge in [-0.1, -0.05) is 18.2 Å². The molecule has 1 aliphatic rings. The Morgan fingerprint density at radius 2 is 2.11 bits per heavy atom. The van der Waals surface area contributed by atoms with Gasteiger partial charge >= 0.3 is 0 Å². The van der Waals surface area contributed by atoms with Gasteiger partial charge in [0.25, 0.3) is 0 Å². The summed E-state index contributed by atoms with van der Waals surface area (Å²) in [4.78, 5) is 12.1. The van der Waals surface area contributed by atoms with E-state index in [9.17, 15) is 4.79 Å². The summed E-state index contributed by atoms with van der Waals surface area (Å²) in [7, 11) is 0. The third-order valence-electron chi connectivity index (χ3n) is 3.88. The second kappa shape index (κ2) is 6.71. The minimum Gasteiger partial charge on any atom is -0.353 e. The van der Waals surface area contributed by atoms with Gasteiger partial charge in [0.15, 0.2) is 0 Å². The smallest absolute Gasteiger partial charge is 0.224 e. The Morgan fingerprint density at radius 3 is 2.89 bits per heavy atom. The standard InChI is InChI=1S/C16H24N2O/c1-12-5-6-14(10-13(12)2)11-16(19)18-15-4-3-8-17-9-7-15/h5-6,10,15,17H,3-4,7-9,11H2,1-2H3,(H,18,19). The molecule has 0 spiro atoms. The van der Waals surface area contributed by atoms with E-state index in [1.807, 2.05) is 0 Å². The van der Waals surface area contributed by atoms with Crippen LogP contribution in [0.1, 0.15) is 36.0 Å². The van der Waals surface area contributed by atoms with Gasteiger partial charge in [-0.25, -0.2) is 0 Å². The van der Waals surface area contributed by atoms with Crippen molar-refractivity contribution in [3.63, 3.8) is 0 Å². The molecule has 1 amide bonds. The number of hydrogen-bond acceptors (Lipinski definition) is 2. The highest BCUT2D eigenvalue weighted by molar-refractivity contribution is 5.78. The molecule has 1 heterocycles. The predicted molar refractivity (Wildman–Crippen MR) is 78.3 cm³/mol. The summed E-state index contributed by atoms with van der Waals surface area (Å²) < 4.78 is 0. The maximum atomic E-state index is 12.1. The van der Waals surface area contributed by atoms with E-state index < -0.39 is 0 Å². The van der Waals surface area contributed by atoms with Crippen LogP contribution >= 0.6 is 0 Å². The van der Waals surface area contributed by atoms with E-state index in [1.54, 1.807) is 0 Å². The van der Waals surface area contributed by atoms with Crippen LogP contribution in [0, 0.1) is 13.8 Å². The topological polar surface area (TPSA) is 41.1 Å². The normalized spacial score (nSPS) is 19.8. The molecule has 1 atom stereocenters. The van der Waals surface area contributed by atoms with Crippen molar-refractivity contribution < 1.29 is 4.79 Å². The first-order chi connectivity index (χ1) is 9.15. The second-order valence-corrected chi connectivity index (χ2v) is 5.54. The van der Waals surface area contributed by atoms with Gasteiger partial charge in [-0.2, -0.15) is 0 Å². The number of carbonyl (C=O) groups excluding carboxylic acids is 1. The molecular weight excluding hydrogens is 236 g/mol. The van der Waals surface area contributed by atoms with Crippen molar-refractivity contribution in [2.24, 2.45) is 0 Å². The zero-order chi connectivity index (χ0) is 13.7. The summed E-state index contributed by atoms with van der Waals surface area (Å²) in [6.45, 7) is 6.27. The SMILES string of the molecule is Cc1ccc(CC(=O)NC2CCCNCC2)cc1C. The van der Waals surface area contributed by atoms with E-state index in [2.05, 4.69) is 42.7 Å². The molecule has 0 saturated carbocycles. The number of aryl methyl sites for hydroxylation is 2. The lowest BCUT2D eigenvalue weighted by atomic mass is 10.0. The van der Waals surface area contributed by atoms with Crippen molar-refractivity contribution in [2.75, 3.05) is 13.1 Å². The first kappa shape index (κ1) is 14.1. The molecule has 0 bridgehead atoms. The molecule has 104 valence electrons. The maximum Gasteiger partial charge on any atom is 0.224 e. The summed E-state index contributed by atoms with van der Waals surface area (Å²) in [6.07, 6.45) is 3.77. The number of benzene rings is 1. The lowest BCUT2D eigenvalue weighted by molar-refractivity contribution is -0.121. The van der Waals surface area contributed by atoms with Gasteiger partial charge in [0, 0.05) is 6.04 Å². The Morgan fingerprint density at radius 1 is 1.26 bits per heavy atom. The maximum absolute atomic E-state index is 12.1. The average Bonchev–Trinajstić information content (AvgIpc) is 2.62. The van der Waals surface area contributed by atoms with Crippen LogP contribution in [0.15, 0.2) is 18.2 Å². The van der Waals surface area contributed by atoms with Gasteiger partial charge < -0.3 is 10.6 Å². The van der Waals surface area contributed by atoms with Crippen LogP contribution in [-0.4, -0.2) is 25.0 Å². The molecule has 1 unspecified atom stereocenters. The largest absolute Gasteiger partial charge is 0.353 e. The fourth-order valence-electron chi connectivity index (χ4n) is 2.54. The van der Waals surface area contributed by atoms with Gasteiger partial charge in [0.05, 0.1) is 6.42 Å². The van der Waals surface area contributed by atoms with Gasteiger partial charge in [0.2, 0.25) is 5.91 Å². The highest BCUT2D eigenvalue weighted by Crippen LogP contribution is 2.11. The summed E-state index contributed by atoms with van der Waals surface area (Å²) in [5, 5.41) is 6.53. The van der Waals surface area contributed by atoms with Crippen molar-refractivity contribution >= 4 is 5.91 Å². The van der Waals surface area contributed by atoms with Crippen LogP contribution in [-0.2, 0) is 11.2 Å². The highest BCUT2D eigenvalue weighted by Gasteiger charge is 2.14. The van der Waals surface area contributed by atoms with Crippen molar-refractivity contribution in [3.05, 3.63) is 34.9 Å². The fourth-order valence-corrected chi connectivity index (χ4v) is 2.54. The number of carbonyl (C=O) groups is 1. The van der Waals surface area contributed by atoms with E-state index >= 15 is 0 Å². The zero-order valence-electron chi connectivity index (χ0n) is 12.0. The number of rotatable bonds is 3. The molecule has 0 radical (unpaired) electrons. The molecule has 1 aliphatic heterocycles. The van der Waals surface area contributed by atoms with Gasteiger partial charge in [-0.05, 0) is 62.9 Å². The Hall–Kier alpha value is -1.35. The van der Waals surface area contributed by atoms with Crippen molar-refractivity contribution in [1.82, 2.24) is 10.6 Å². The van der Waals surface area contributed by atoms with E-state index in [4.69, 9.17) is 0 Å². The van der Waals surface area contributed by atoms with E-state index in [0.29, 0.717) is 12.5 Å². The van der Waals surface area contributed by atoms with E-state index in [-0.39, 0.29) is 5.91 Å². The van der Waals surface area contributed by atoms with Crippen molar-refractivity contribution in [2.45, 2.75) is 45.6 Å². The summed E-state index contributed by atoms with van der Waals surface area (Å²) in [6, 6.07) is 6.60. The Balaban J connectivity index is 1.87. The molecule has 2 rings (SSSR count). The lowest BCUT2D eigenvalue weighted by Crippen LogP contribution is -2.36. The molecule has 0 aliphatic carbocycles. The molecular formula is C16H24N2O. The van der Waals surface area contributed by atoms with Crippen LogP contribution in [0.3, 0.4) is 0 Å². The molecule has 3 nitrogen and oxygen atoms in total. The molecule has 1 fully saturated rings. The molecule has 0 aromatic heterocycles.